The molecule has 2 aromatic heterocycles. The molecular weight excluding hydrogens is 458 g/mol. The van der Waals surface area contributed by atoms with Crippen LogP contribution >= 0.6 is 11.3 Å². The number of hydrogen-bond acceptors (Lipinski definition) is 5. The molecule has 0 saturated carbocycles. The fraction of sp³-hybridized carbons (Fsp3) is 0.0741. The molecule has 0 unspecified atom stereocenters. The molecule has 5 rings (SSSR count). The van der Waals surface area contributed by atoms with Gasteiger partial charge in [-0.1, -0.05) is 48.5 Å². The van der Waals surface area contributed by atoms with Crippen molar-refractivity contribution < 1.29 is 5.11 Å². The molecule has 0 amide bonds. The summed E-state index contributed by atoms with van der Waals surface area (Å²) in [6.07, 6.45) is 1.62. The van der Waals surface area contributed by atoms with Gasteiger partial charge in [0.15, 0.2) is 0 Å². The summed E-state index contributed by atoms with van der Waals surface area (Å²) in [5.74, 6) is 0.192. The lowest BCUT2D eigenvalue weighted by Crippen LogP contribution is -2.24. The van der Waals surface area contributed by atoms with E-state index in [9.17, 15) is 9.90 Å². The van der Waals surface area contributed by atoms with E-state index in [1.54, 1.807) is 35.2 Å². The molecule has 0 radical (unpaired) electrons. The number of nitrogens with zero attached hydrogens (tertiary/aromatic N) is 5. The molecule has 0 fully saturated rings. The van der Waals surface area contributed by atoms with E-state index in [2.05, 4.69) is 10.2 Å². The largest absolute Gasteiger partial charge is 0.508 e. The Hall–Kier alpha value is -4.43. The number of hydrogen-bond donors (Lipinski definition) is 1. The van der Waals surface area contributed by atoms with Gasteiger partial charge >= 0.3 is 0 Å². The van der Waals surface area contributed by atoms with Crippen LogP contribution in [0.3, 0.4) is 0 Å². The molecule has 8 heteroatoms. The number of aromatic hydroxyl groups is 1. The summed E-state index contributed by atoms with van der Waals surface area (Å²) in [4.78, 5) is 14.4. The van der Waals surface area contributed by atoms with Crippen LogP contribution in [0.2, 0.25) is 0 Å². The molecule has 0 aliphatic carbocycles. The van der Waals surface area contributed by atoms with Crippen LogP contribution in [0, 0.1) is 6.92 Å². The maximum atomic E-state index is 13.8. The van der Waals surface area contributed by atoms with Gasteiger partial charge in [0.05, 0.1) is 23.3 Å². The Kier molecular flexibility index (Phi) is 6.03. The molecule has 7 nitrogen and oxygen atoms in total. The van der Waals surface area contributed by atoms with Crippen molar-refractivity contribution in [3.05, 3.63) is 117 Å². The molecule has 0 atom stereocenters. The lowest BCUT2D eigenvalue weighted by atomic mass is 10.1. The summed E-state index contributed by atoms with van der Waals surface area (Å²) in [5, 5.41) is 20.2. The van der Waals surface area contributed by atoms with Gasteiger partial charge in [0.1, 0.15) is 11.4 Å². The Balaban J connectivity index is 1.72. The monoisotopic (exact) mass is 481 g/mol. The fourth-order valence-electron chi connectivity index (χ4n) is 3.92. The van der Waals surface area contributed by atoms with Gasteiger partial charge in [-0.3, -0.25) is 14.0 Å². The van der Waals surface area contributed by atoms with E-state index in [1.807, 2.05) is 89.3 Å². The van der Waals surface area contributed by atoms with Crippen LogP contribution in [-0.2, 0) is 7.05 Å². The van der Waals surface area contributed by atoms with Crippen molar-refractivity contribution in [1.82, 2.24) is 13.9 Å². The zero-order chi connectivity index (χ0) is 24.4. The number of thiazole rings is 1. The smallest absolute Gasteiger partial charge is 0.296 e. The van der Waals surface area contributed by atoms with Crippen LogP contribution in [0.15, 0.2) is 105 Å². The van der Waals surface area contributed by atoms with Crippen molar-refractivity contribution in [2.24, 2.45) is 17.3 Å². The predicted octanol–water partition coefficient (Wildman–Crippen LogP) is 4.64. The van der Waals surface area contributed by atoms with Crippen molar-refractivity contribution >= 4 is 17.6 Å². The van der Waals surface area contributed by atoms with Crippen molar-refractivity contribution in [1.29, 1.82) is 0 Å². The molecule has 0 bridgehead atoms. The Morgan fingerprint density at radius 2 is 1.57 bits per heavy atom. The maximum Gasteiger partial charge on any atom is 0.296 e. The van der Waals surface area contributed by atoms with Crippen LogP contribution in [0.1, 0.15) is 11.3 Å². The third kappa shape index (κ3) is 4.27. The lowest BCUT2D eigenvalue weighted by molar-refractivity contribution is 0.475. The lowest BCUT2D eigenvalue weighted by Gasteiger charge is -2.08. The van der Waals surface area contributed by atoms with Gasteiger partial charge in [0, 0.05) is 12.4 Å². The predicted molar refractivity (Wildman–Crippen MR) is 140 cm³/mol. The summed E-state index contributed by atoms with van der Waals surface area (Å²) in [6, 6.07) is 26.2. The van der Waals surface area contributed by atoms with Crippen molar-refractivity contribution in [3.8, 4) is 28.4 Å². The highest BCUT2D eigenvalue weighted by molar-refractivity contribution is 7.07. The molecule has 0 saturated heterocycles. The Labute approximate surface area is 205 Å². The summed E-state index contributed by atoms with van der Waals surface area (Å²) >= 11 is 1.42. The highest BCUT2D eigenvalue weighted by Gasteiger charge is 2.21. The fourth-order valence-corrected chi connectivity index (χ4v) is 4.77. The third-order valence-electron chi connectivity index (χ3n) is 5.77. The zero-order valence-electron chi connectivity index (χ0n) is 19.2. The zero-order valence-corrected chi connectivity index (χ0v) is 20.1. The topological polar surface area (TPSA) is 76.8 Å². The normalized spacial score (nSPS) is 12.0. The van der Waals surface area contributed by atoms with E-state index in [1.165, 1.54) is 11.3 Å². The Morgan fingerprint density at radius 1 is 0.914 bits per heavy atom. The molecule has 2 heterocycles. The highest BCUT2D eigenvalue weighted by Crippen LogP contribution is 2.24. The van der Waals surface area contributed by atoms with Crippen LogP contribution in [-0.4, -0.2) is 25.3 Å². The second-order valence-corrected chi connectivity index (χ2v) is 8.79. The van der Waals surface area contributed by atoms with Crippen LogP contribution in [0.5, 0.6) is 5.75 Å². The summed E-state index contributed by atoms with van der Waals surface area (Å²) in [5.41, 5.74) is 4.61. The first-order chi connectivity index (χ1) is 17.0. The van der Waals surface area contributed by atoms with Gasteiger partial charge < -0.3 is 5.11 Å². The molecule has 0 aliphatic rings. The molecular formula is C27H23N5O2S. The van der Waals surface area contributed by atoms with Gasteiger partial charge in [-0.25, -0.2) is 4.68 Å². The Morgan fingerprint density at radius 3 is 2.26 bits per heavy atom. The van der Waals surface area contributed by atoms with Crippen molar-refractivity contribution in [2.45, 2.75) is 6.92 Å². The van der Waals surface area contributed by atoms with Crippen LogP contribution in [0.4, 0.5) is 0 Å². The minimum Gasteiger partial charge on any atom is -0.508 e. The van der Waals surface area contributed by atoms with Crippen molar-refractivity contribution in [3.63, 3.8) is 0 Å². The van der Waals surface area contributed by atoms with E-state index >= 15 is 0 Å². The van der Waals surface area contributed by atoms with Gasteiger partial charge in [0.2, 0.25) is 4.80 Å². The molecule has 174 valence electrons. The van der Waals surface area contributed by atoms with E-state index in [-0.39, 0.29) is 11.3 Å². The first-order valence-corrected chi connectivity index (χ1v) is 11.9. The van der Waals surface area contributed by atoms with Gasteiger partial charge in [-0.05, 0) is 54.4 Å². The molecule has 1 N–H and O–H groups in total. The van der Waals surface area contributed by atoms with E-state index in [0.717, 1.165) is 28.2 Å². The summed E-state index contributed by atoms with van der Waals surface area (Å²) in [7, 11) is 1.88. The molecule has 0 aliphatic heterocycles. The van der Waals surface area contributed by atoms with Crippen LogP contribution in [0.25, 0.3) is 22.6 Å². The second kappa shape index (κ2) is 9.44. The number of rotatable bonds is 5. The van der Waals surface area contributed by atoms with E-state index < -0.39 is 0 Å². The average Bonchev–Trinajstić information content (AvgIpc) is 3.39. The minimum atomic E-state index is -0.143. The van der Waals surface area contributed by atoms with Gasteiger partial charge in [-0.15, -0.1) is 16.4 Å². The van der Waals surface area contributed by atoms with Gasteiger partial charge in [-0.2, -0.15) is 5.10 Å². The molecule has 0 spiro atoms. The van der Waals surface area contributed by atoms with E-state index in [0.29, 0.717) is 10.5 Å². The average molecular weight is 482 g/mol. The van der Waals surface area contributed by atoms with Crippen molar-refractivity contribution in [2.75, 3.05) is 0 Å². The number of phenolic OH excluding ortho intramolecular Hbond substituents is 1. The first kappa shape index (κ1) is 22.4. The Bertz CT molecular complexity index is 1620. The van der Waals surface area contributed by atoms with Crippen LogP contribution < -0.4 is 10.4 Å². The standard InChI is InChI=1S/C27H23N5O2S/c1-19-25(26(34)32(30(19)2)22-11-7-4-8-12-22)31-24(21-9-5-3-6-10-21)18-35-27(31)29-28-17-20-13-15-23(33)16-14-20/h3-18,33H,1-2H3/b28-17+,29-27-. The number of phenols is 1. The molecule has 3 aromatic carbocycles. The number of aromatic nitrogens is 3. The summed E-state index contributed by atoms with van der Waals surface area (Å²) in [6.45, 7) is 1.93. The maximum absolute atomic E-state index is 13.8. The highest BCUT2D eigenvalue weighted by atomic mass is 32.1. The van der Waals surface area contributed by atoms with E-state index in [4.69, 9.17) is 0 Å². The molecule has 35 heavy (non-hydrogen) atoms. The quantitative estimate of drug-likeness (QED) is 0.293. The molecule has 5 aromatic rings. The summed E-state index contributed by atoms with van der Waals surface area (Å²) < 4.78 is 5.40. The number of para-hydroxylation sites is 1. The minimum absolute atomic E-state index is 0.143. The van der Waals surface area contributed by atoms with Gasteiger partial charge in [0.25, 0.3) is 5.56 Å². The SMILES string of the molecule is Cc1c(-n2c(-c3ccccc3)cs/c2=N\N=C\c2ccc(O)cc2)c(=O)n(-c2ccccc2)n1C. The second-order valence-electron chi connectivity index (χ2n) is 7.95. The first-order valence-electron chi connectivity index (χ1n) is 11.0. The number of benzene rings is 3. The third-order valence-corrected chi connectivity index (χ3v) is 6.58.